The highest BCUT2D eigenvalue weighted by Gasteiger charge is 2.16. The minimum absolute atomic E-state index is 0.546. The first kappa shape index (κ1) is 15.5. The number of benzene rings is 2. The molecule has 0 saturated heterocycles. The molecule has 0 amide bonds. The summed E-state index contributed by atoms with van der Waals surface area (Å²) in [4.78, 5) is 4.54. The molecule has 3 nitrogen and oxygen atoms in total. The third kappa shape index (κ3) is 2.69. The molecule has 0 saturated carbocycles. The largest absolute Gasteiger partial charge is 0.436 e. The third-order valence-electron chi connectivity index (χ3n) is 3.14. The number of anilines is 1. The Labute approximate surface area is 154 Å². The summed E-state index contributed by atoms with van der Waals surface area (Å²) in [6.45, 7) is 2.03. The zero-order valence-electron chi connectivity index (χ0n) is 10.7. The Morgan fingerprint density at radius 1 is 1.00 bits per heavy atom. The van der Waals surface area contributed by atoms with Gasteiger partial charge in [0.05, 0.1) is 10.2 Å². The predicted molar refractivity (Wildman–Crippen MR) is 99.4 cm³/mol. The highest BCUT2D eigenvalue weighted by molar-refractivity contribution is 9.11. The van der Waals surface area contributed by atoms with Gasteiger partial charge in [0.1, 0.15) is 5.52 Å². The van der Waals surface area contributed by atoms with E-state index in [1.54, 1.807) is 0 Å². The number of hydrogen-bond acceptors (Lipinski definition) is 3. The normalized spacial score (nSPS) is 11.3. The molecular formula is C14H8Br4N2O. The van der Waals surface area contributed by atoms with Gasteiger partial charge in [-0.2, -0.15) is 0 Å². The lowest BCUT2D eigenvalue weighted by molar-refractivity contribution is 0.619. The number of rotatable bonds is 1. The maximum absolute atomic E-state index is 5.97. The van der Waals surface area contributed by atoms with E-state index in [9.17, 15) is 0 Å². The lowest BCUT2D eigenvalue weighted by Gasteiger charge is -2.03. The highest BCUT2D eigenvalue weighted by atomic mass is 79.9. The summed E-state index contributed by atoms with van der Waals surface area (Å²) in [6, 6.07) is 5.79. The molecule has 0 radical (unpaired) electrons. The van der Waals surface area contributed by atoms with Crippen molar-refractivity contribution in [1.82, 2.24) is 4.98 Å². The first-order valence-electron chi connectivity index (χ1n) is 5.88. The predicted octanol–water partition coefficient (Wildman–Crippen LogP) is 6.44. The van der Waals surface area contributed by atoms with E-state index in [0.29, 0.717) is 22.7 Å². The Bertz CT molecular complexity index is 850. The first-order valence-corrected chi connectivity index (χ1v) is 9.05. The second-order valence-electron chi connectivity index (χ2n) is 4.52. The fraction of sp³-hybridized carbons (Fsp3) is 0.0714. The average molecular weight is 540 g/mol. The summed E-state index contributed by atoms with van der Waals surface area (Å²) in [5, 5.41) is 0. The number of fused-ring (bicyclic) bond motifs is 1. The van der Waals surface area contributed by atoms with Crippen molar-refractivity contribution in [2.75, 3.05) is 5.73 Å². The van der Waals surface area contributed by atoms with Gasteiger partial charge in [-0.1, -0.05) is 31.9 Å². The number of nitrogens with two attached hydrogens (primary N) is 1. The molecule has 0 aliphatic rings. The summed E-state index contributed by atoms with van der Waals surface area (Å²) >= 11 is 13.9. The third-order valence-corrected chi connectivity index (χ3v) is 6.25. The molecule has 3 rings (SSSR count). The Hall–Kier alpha value is -0.370. The molecule has 7 heteroatoms. The second-order valence-corrected chi connectivity index (χ2v) is 7.87. The van der Waals surface area contributed by atoms with Gasteiger partial charge in [0.25, 0.3) is 0 Å². The molecule has 1 aromatic heterocycles. The van der Waals surface area contributed by atoms with E-state index in [-0.39, 0.29) is 0 Å². The van der Waals surface area contributed by atoms with E-state index in [4.69, 9.17) is 10.2 Å². The lowest BCUT2D eigenvalue weighted by atomic mass is 10.1. The molecule has 0 bridgehead atoms. The highest BCUT2D eigenvalue weighted by Crippen LogP contribution is 2.38. The van der Waals surface area contributed by atoms with Crippen LogP contribution in [0, 0.1) is 6.92 Å². The van der Waals surface area contributed by atoms with Crippen molar-refractivity contribution in [3.63, 3.8) is 0 Å². The molecule has 0 fully saturated rings. The van der Waals surface area contributed by atoms with Crippen LogP contribution >= 0.6 is 63.7 Å². The molecule has 0 aliphatic carbocycles. The van der Waals surface area contributed by atoms with Crippen LogP contribution in [0.15, 0.2) is 40.5 Å². The smallest absolute Gasteiger partial charge is 0.227 e. The molecule has 0 atom stereocenters. The SMILES string of the molecule is Cc1c(Br)cc(-c2nc3c(Br)c(N)c(Br)cc3o2)cc1Br. The topological polar surface area (TPSA) is 52.0 Å². The molecule has 0 spiro atoms. The van der Waals surface area contributed by atoms with Crippen LogP contribution in [-0.4, -0.2) is 4.98 Å². The van der Waals surface area contributed by atoms with E-state index >= 15 is 0 Å². The minimum atomic E-state index is 0.546. The average Bonchev–Trinajstić information content (AvgIpc) is 2.85. The van der Waals surface area contributed by atoms with Gasteiger partial charge in [0, 0.05) is 19.0 Å². The summed E-state index contributed by atoms with van der Waals surface area (Å²) in [5.41, 5.74) is 9.97. The van der Waals surface area contributed by atoms with Crippen LogP contribution in [0.3, 0.4) is 0 Å². The maximum Gasteiger partial charge on any atom is 0.227 e. The molecule has 2 aromatic carbocycles. The van der Waals surface area contributed by atoms with Crippen LogP contribution in [0.25, 0.3) is 22.6 Å². The van der Waals surface area contributed by atoms with Crippen LogP contribution in [0.1, 0.15) is 5.56 Å². The fourth-order valence-corrected chi connectivity index (χ4v) is 4.26. The van der Waals surface area contributed by atoms with Crippen molar-refractivity contribution in [3.8, 4) is 11.5 Å². The quantitative estimate of drug-likeness (QED) is 0.362. The molecule has 21 heavy (non-hydrogen) atoms. The van der Waals surface area contributed by atoms with Crippen molar-refractivity contribution in [1.29, 1.82) is 0 Å². The van der Waals surface area contributed by atoms with E-state index in [0.717, 1.165) is 29.0 Å². The van der Waals surface area contributed by atoms with Gasteiger partial charge in [0.15, 0.2) is 5.58 Å². The van der Waals surface area contributed by atoms with Gasteiger partial charge in [-0.15, -0.1) is 0 Å². The van der Waals surface area contributed by atoms with Crippen LogP contribution in [0.5, 0.6) is 0 Å². The Morgan fingerprint density at radius 2 is 1.62 bits per heavy atom. The molecule has 108 valence electrons. The Kier molecular flexibility index (Phi) is 4.20. The van der Waals surface area contributed by atoms with E-state index < -0.39 is 0 Å². The maximum atomic E-state index is 5.97. The van der Waals surface area contributed by atoms with Crippen LogP contribution < -0.4 is 5.73 Å². The van der Waals surface area contributed by atoms with Gasteiger partial charge in [-0.05, 0) is 62.5 Å². The van der Waals surface area contributed by atoms with Gasteiger partial charge >= 0.3 is 0 Å². The molecule has 0 aliphatic heterocycles. The summed E-state index contributed by atoms with van der Waals surface area (Å²) in [7, 11) is 0. The van der Waals surface area contributed by atoms with Crippen LogP contribution in [-0.2, 0) is 0 Å². The number of nitrogen functional groups attached to an aromatic ring is 1. The monoisotopic (exact) mass is 536 g/mol. The van der Waals surface area contributed by atoms with E-state index in [1.807, 2.05) is 25.1 Å². The van der Waals surface area contributed by atoms with Gasteiger partial charge < -0.3 is 10.2 Å². The van der Waals surface area contributed by atoms with Crippen molar-refractivity contribution in [3.05, 3.63) is 41.7 Å². The number of aromatic nitrogens is 1. The Morgan fingerprint density at radius 3 is 2.24 bits per heavy atom. The fourth-order valence-electron chi connectivity index (χ4n) is 1.90. The standard InChI is InChI=1S/C14H8Br4N2O/c1-5-7(15)2-6(3-8(5)16)14-20-13-10(21-14)4-9(17)12(19)11(13)18/h2-4H,19H2,1H3. The van der Waals surface area contributed by atoms with Gasteiger partial charge in [-0.25, -0.2) is 4.98 Å². The number of halogens is 4. The molecular weight excluding hydrogens is 532 g/mol. The summed E-state index contributed by atoms with van der Waals surface area (Å²) in [5.74, 6) is 0.546. The van der Waals surface area contributed by atoms with Crippen LogP contribution in [0.2, 0.25) is 0 Å². The lowest BCUT2D eigenvalue weighted by Crippen LogP contribution is -1.89. The Balaban J connectivity index is 2.25. The van der Waals surface area contributed by atoms with Gasteiger partial charge in [0.2, 0.25) is 5.89 Å². The zero-order valence-corrected chi connectivity index (χ0v) is 17.0. The van der Waals surface area contributed by atoms with Crippen LogP contribution in [0.4, 0.5) is 5.69 Å². The first-order chi connectivity index (χ1) is 9.88. The number of nitrogens with zero attached hydrogens (tertiary/aromatic N) is 1. The molecule has 3 aromatic rings. The van der Waals surface area contributed by atoms with Crippen molar-refractivity contribution in [2.24, 2.45) is 0 Å². The van der Waals surface area contributed by atoms with Gasteiger partial charge in [-0.3, -0.25) is 0 Å². The van der Waals surface area contributed by atoms with Crippen molar-refractivity contribution < 1.29 is 4.42 Å². The summed E-state index contributed by atoms with van der Waals surface area (Å²) < 4.78 is 9.34. The second kappa shape index (κ2) is 5.68. The van der Waals surface area contributed by atoms with Crippen molar-refractivity contribution >= 4 is 80.5 Å². The zero-order chi connectivity index (χ0) is 15.3. The molecule has 1 heterocycles. The van der Waals surface area contributed by atoms with Crippen molar-refractivity contribution in [2.45, 2.75) is 6.92 Å². The van der Waals surface area contributed by atoms with E-state index in [2.05, 4.69) is 68.7 Å². The van der Waals surface area contributed by atoms with E-state index in [1.165, 1.54) is 0 Å². The number of hydrogen-bond donors (Lipinski definition) is 1. The summed E-state index contributed by atoms with van der Waals surface area (Å²) in [6.07, 6.45) is 0. The number of oxazole rings is 1. The minimum Gasteiger partial charge on any atom is -0.436 e. The molecule has 2 N–H and O–H groups in total. The molecule has 0 unspecified atom stereocenters.